The zero-order valence-electron chi connectivity index (χ0n) is 17.5. The van der Waals surface area contributed by atoms with Gasteiger partial charge in [-0.2, -0.15) is 0 Å². The molecule has 1 atom stereocenters. The Morgan fingerprint density at radius 2 is 1.90 bits per heavy atom. The number of unbranched alkanes of at least 4 members (excludes halogenated alkanes) is 1. The number of ether oxygens (including phenoxy) is 1. The average molecular weight is 400 g/mol. The fourth-order valence-corrected chi connectivity index (χ4v) is 3.70. The molecule has 0 N–H and O–H groups in total. The number of benzene rings is 1. The number of hydrogen-bond acceptors (Lipinski definition) is 5. The number of nitrogens with zero attached hydrogens (tertiary/aromatic N) is 3. The van der Waals surface area contributed by atoms with E-state index in [2.05, 4.69) is 41.4 Å². The maximum atomic E-state index is 12.5. The van der Waals surface area contributed by atoms with Gasteiger partial charge in [-0.1, -0.05) is 37.3 Å². The van der Waals surface area contributed by atoms with Gasteiger partial charge in [-0.15, -0.1) is 10.2 Å². The van der Waals surface area contributed by atoms with E-state index in [1.54, 1.807) is 0 Å². The van der Waals surface area contributed by atoms with Crippen LogP contribution in [0.1, 0.15) is 62.8 Å². The van der Waals surface area contributed by atoms with E-state index in [1.165, 1.54) is 5.56 Å². The van der Waals surface area contributed by atoms with Crippen molar-refractivity contribution in [2.24, 2.45) is 0 Å². The summed E-state index contributed by atoms with van der Waals surface area (Å²) in [6.07, 6.45) is 8.12. The highest BCUT2D eigenvalue weighted by Gasteiger charge is 2.24. The second-order valence-electron chi connectivity index (χ2n) is 7.76. The molecule has 2 aromatic rings. The van der Waals surface area contributed by atoms with E-state index in [0.29, 0.717) is 31.2 Å². The third kappa shape index (κ3) is 7.28. The van der Waals surface area contributed by atoms with Crippen LogP contribution in [0, 0.1) is 0 Å². The van der Waals surface area contributed by atoms with Crippen molar-refractivity contribution in [1.29, 1.82) is 0 Å². The molecule has 1 aliphatic rings. The van der Waals surface area contributed by atoms with Crippen LogP contribution in [0.25, 0.3) is 0 Å². The zero-order chi connectivity index (χ0) is 20.3. The van der Waals surface area contributed by atoms with E-state index in [4.69, 9.17) is 9.15 Å². The summed E-state index contributed by atoms with van der Waals surface area (Å²) in [7, 11) is 0. The van der Waals surface area contributed by atoms with Gasteiger partial charge in [-0.05, 0) is 44.1 Å². The van der Waals surface area contributed by atoms with Crippen molar-refractivity contribution in [2.45, 2.75) is 70.8 Å². The molecule has 158 valence electrons. The summed E-state index contributed by atoms with van der Waals surface area (Å²) in [4.78, 5) is 14.4. The van der Waals surface area contributed by atoms with Crippen molar-refractivity contribution < 1.29 is 13.9 Å². The lowest BCUT2D eigenvalue weighted by molar-refractivity contribution is -0.135. The minimum absolute atomic E-state index is 0.150. The molecule has 0 aliphatic carbocycles. The first-order chi connectivity index (χ1) is 14.2. The number of likely N-dealkylation sites (tertiary alicyclic amines) is 1. The Hall–Kier alpha value is -2.21. The molecule has 1 amide bonds. The lowest BCUT2D eigenvalue weighted by Gasteiger charge is -2.32. The fraction of sp³-hybridized carbons (Fsp3) is 0.609. The number of carbonyl (C=O) groups is 1. The van der Waals surface area contributed by atoms with Crippen LogP contribution in [0.15, 0.2) is 34.7 Å². The largest absolute Gasteiger partial charge is 0.425 e. The van der Waals surface area contributed by atoms with Gasteiger partial charge in [0.25, 0.3) is 0 Å². The zero-order valence-corrected chi connectivity index (χ0v) is 17.5. The minimum atomic E-state index is 0.150. The van der Waals surface area contributed by atoms with Crippen molar-refractivity contribution in [2.75, 3.05) is 19.7 Å². The molecule has 29 heavy (non-hydrogen) atoms. The lowest BCUT2D eigenvalue weighted by Crippen LogP contribution is -2.43. The maximum Gasteiger partial charge on any atom is 0.223 e. The molecule has 3 rings (SSSR count). The monoisotopic (exact) mass is 399 g/mol. The standard InChI is InChI=1S/C23H33N3O3/c1-2-17-28-20-12-8-16-26(18-20)23(27)15-14-22-25-24-21(29-22)13-7-6-11-19-9-4-3-5-10-19/h3-5,9-10,20H,2,6-8,11-18H2,1H3/t20-/m1/s1. The highest BCUT2D eigenvalue weighted by molar-refractivity contribution is 5.76. The third-order valence-corrected chi connectivity index (χ3v) is 5.30. The summed E-state index contributed by atoms with van der Waals surface area (Å²) in [5.74, 6) is 1.39. The second kappa shape index (κ2) is 11.7. The molecule has 0 radical (unpaired) electrons. The summed E-state index contributed by atoms with van der Waals surface area (Å²) in [6, 6.07) is 10.5. The number of carbonyl (C=O) groups excluding carboxylic acids is 1. The van der Waals surface area contributed by atoms with Gasteiger partial charge in [-0.3, -0.25) is 4.79 Å². The number of amides is 1. The number of aromatic nitrogens is 2. The molecule has 0 saturated carbocycles. The SMILES string of the molecule is CCCO[C@@H]1CCCN(C(=O)CCc2nnc(CCCCc3ccccc3)o2)C1. The molecule has 1 aromatic carbocycles. The topological polar surface area (TPSA) is 68.5 Å². The first-order valence-corrected chi connectivity index (χ1v) is 11.0. The van der Waals surface area contributed by atoms with Crippen LogP contribution in [-0.2, 0) is 28.8 Å². The molecule has 1 aliphatic heterocycles. The van der Waals surface area contributed by atoms with Crippen molar-refractivity contribution >= 4 is 5.91 Å². The molecule has 2 heterocycles. The number of aryl methyl sites for hydroxylation is 3. The van der Waals surface area contributed by atoms with E-state index in [9.17, 15) is 4.79 Å². The van der Waals surface area contributed by atoms with Gasteiger partial charge in [0.15, 0.2) is 0 Å². The quantitative estimate of drug-likeness (QED) is 0.535. The van der Waals surface area contributed by atoms with Crippen LogP contribution in [0.4, 0.5) is 0 Å². The summed E-state index contributed by atoms with van der Waals surface area (Å²) in [5, 5.41) is 8.25. The predicted octanol–water partition coefficient (Wildman–Crippen LogP) is 3.99. The molecule has 1 saturated heterocycles. The van der Waals surface area contributed by atoms with Gasteiger partial charge in [0, 0.05) is 39.0 Å². The Morgan fingerprint density at radius 3 is 2.69 bits per heavy atom. The number of hydrogen-bond donors (Lipinski definition) is 0. The Labute approximate surface area is 173 Å². The van der Waals surface area contributed by atoms with E-state index in [-0.39, 0.29) is 12.0 Å². The molecule has 6 nitrogen and oxygen atoms in total. The van der Waals surface area contributed by atoms with Crippen LogP contribution in [0.2, 0.25) is 0 Å². The molecule has 0 unspecified atom stereocenters. The molecule has 1 aromatic heterocycles. The normalized spacial score (nSPS) is 16.9. The maximum absolute atomic E-state index is 12.5. The van der Waals surface area contributed by atoms with Crippen molar-refractivity contribution in [3.05, 3.63) is 47.7 Å². The van der Waals surface area contributed by atoms with Crippen LogP contribution in [-0.4, -0.2) is 46.8 Å². The number of rotatable bonds is 11. The Kier molecular flexibility index (Phi) is 8.68. The summed E-state index contributed by atoms with van der Waals surface area (Å²) in [6.45, 7) is 4.40. The molecular weight excluding hydrogens is 366 g/mol. The fourth-order valence-electron chi connectivity index (χ4n) is 3.70. The Balaban J connectivity index is 1.34. The first kappa shape index (κ1) is 21.5. The van der Waals surface area contributed by atoms with E-state index in [1.807, 2.05) is 11.0 Å². The van der Waals surface area contributed by atoms with Crippen LogP contribution >= 0.6 is 0 Å². The number of piperidine rings is 1. The van der Waals surface area contributed by atoms with Crippen molar-refractivity contribution in [1.82, 2.24) is 15.1 Å². The average Bonchev–Trinajstić information content (AvgIpc) is 3.22. The van der Waals surface area contributed by atoms with Gasteiger partial charge in [0.05, 0.1) is 6.10 Å². The van der Waals surface area contributed by atoms with Gasteiger partial charge in [-0.25, -0.2) is 0 Å². The van der Waals surface area contributed by atoms with Crippen LogP contribution < -0.4 is 0 Å². The third-order valence-electron chi connectivity index (χ3n) is 5.30. The molecule has 1 fully saturated rings. The molecular formula is C23H33N3O3. The highest BCUT2D eigenvalue weighted by atomic mass is 16.5. The Bertz CT molecular complexity index is 732. The van der Waals surface area contributed by atoms with E-state index in [0.717, 1.165) is 58.1 Å². The van der Waals surface area contributed by atoms with Gasteiger partial charge < -0.3 is 14.1 Å². The highest BCUT2D eigenvalue weighted by Crippen LogP contribution is 2.16. The first-order valence-electron chi connectivity index (χ1n) is 11.0. The minimum Gasteiger partial charge on any atom is -0.425 e. The summed E-state index contributed by atoms with van der Waals surface area (Å²) < 4.78 is 11.5. The van der Waals surface area contributed by atoms with E-state index >= 15 is 0 Å². The summed E-state index contributed by atoms with van der Waals surface area (Å²) >= 11 is 0. The van der Waals surface area contributed by atoms with Crippen molar-refractivity contribution in [3.8, 4) is 0 Å². The van der Waals surface area contributed by atoms with Gasteiger partial charge in [0.2, 0.25) is 17.7 Å². The van der Waals surface area contributed by atoms with Crippen LogP contribution in [0.3, 0.4) is 0 Å². The van der Waals surface area contributed by atoms with Crippen LogP contribution in [0.5, 0.6) is 0 Å². The molecule has 0 spiro atoms. The Morgan fingerprint density at radius 1 is 1.14 bits per heavy atom. The van der Waals surface area contributed by atoms with Crippen molar-refractivity contribution in [3.63, 3.8) is 0 Å². The summed E-state index contributed by atoms with van der Waals surface area (Å²) in [5.41, 5.74) is 1.36. The van der Waals surface area contributed by atoms with Gasteiger partial charge in [0.1, 0.15) is 0 Å². The lowest BCUT2D eigenvalue weighted by atomic mass is 10.1. The van der Waals surface area contributed by atoms with Gasteiger partial charge >= 0.3 is 0 Å². The second-order valence-corrected chi connectivity index (χ2v) is 7.76. The molecule has 0 bridgehead atoms. The predicted molar refractivity (Wildman–Crippen MR) is 112 cm³/mol. The van der Waals surface area contributed by atoms with E-state index < -0.39 is 0 Å². The molecule has 6 heteroatoms. The smallest absolute Gasteiger partial charge is 0.223 e.